The van der Waals surface area contributed by atoms with E-state index in [9.17, 15) is 13.2 Å². The van der Waals surface area contributed by atoms with Gasteiger partial charge < -0.3 is 10.1 Å². The molecule has 5 heteroatoms. The lowest BCUT2D eigenvalue weighted by atomic mass is 9.78. The highest BCUT2D eigenvalue weighted by Crippen LogP contribution is 2.40. The molecule has 1 aliphatic carbocycles. The molecule has 1 atom stereocenters. The normalized spacial score (nSPS) is 27.2. The van der Waals surface area contributed by atoms with Crippen LogP contribution in [0.2, 0.25) is 0 Å². The molecule has 1 aliphatic rings. The Balaban J connectivity index is 2.43. The van der Waals surface area contributed by atoms with Crippen molar-refractivity contribution in [2.45, 2.75) is 51.7 Å². The molecule has 1 N–H and O–H groups in total. The Morgan fingerprint density at radius 3 is 2.22 bits per heavy atom. The Morgan fingerprint density at radius 1 is 1.17 bits per heavy atom. The van der Waals surface area contributed by atoms with Gasteiger partial charge in [0.25, 0.3) is 0 Å². The molecule has 0 amide bonds. The highest BCUT2D eigenvalue weighted by atomic mass is 19.4. The summed E-state index contributed by atoms with van der Waals surface area (Å²) in [7, 11) is 0. The molecule has 0 aromatic heterocycles. The van der Waals surface area contributed by atoms with Crippen LogP contribution in [0, 0.1) is 11.8 Å². The van der Waals surface area contributed by atoms with Crippen molar-refractivity contribution in [3.05, 3.63) is 0 Å². The monoisotopic (exact) mass is 267 g/mol. The second kappa shape index (κ2) is 7.34. The van der Waals surface area contributed by atoms with Crippen LogP contribution >= 0.6 is 0 Å². The summed E-state index contributed by atoms with van der Waals surface area (Å²) >= 11 is 0. The van der Waals surface area contributed by atoms with Crippen molar-refractivity contribution in [1.29, 1.82) is 0 Å². The molecule has 18 heavy (non-hydrogen) atoms. The van der Waals surface area contributed by atoms with Crippen LogP contribution in [0.1, 0.15) is 39.5 Å². The SMILES string of the molecule is CCNC(COCC)C1CCC(C(F)(F)F)CC1. The zero-order chi connectivity index (χ0) is 13.6. The first kappa shape index (κ1) is 15.8. The lowest BCUT2D eigenvalue weighted by Gasteiger charge is -2.34. The Hall–Kier alpha value is -0.290. The second-order valence-electron chi connectivity index (χ2n) is 4.98. The smallest absolute Gasteiger partial charge is 0.380 e. The first-order valence-electron chi connectivity index (χ1n) is 6.86. The molecule has 0 aromatic rings. The van der Waals surface area contributed by atoms with Gasteiger partial charge in [0, 0.05) is 12.6 Å². The minimum absolute atomic E-state index is 0.198. The van der Waals surface area contributed by atoms with Crippen LogP contribution in [0.5, 0.6) is 0 Å². The first-order chi connectivity index (χ1) is 8.49. The maximum atomic E-state index is 12.6. The minimum Gasteiger partial charge on any atom is -0.380 e. The first-order valence-corrected chi connectivity index (χ1v) is 6.86. The molecule has 0 aliphatic heterocycles. The van der Waals surface area contributed by atoms with Gasteiger partial charge in [-0.15, -0.1) is 0 Å². The van der Waals surface area contributed by atoms with Crippen molar-refractivity contribution in [2.75, 3.05) is 19.8 Å². The molecule has 1 fully saturated rings. The van der Waals surface area contributed by atoms with Gasteiger partial charge in [0.05, 0.1) is 12.5 Å². The average Bonchev–Trinajstić information content (AvgIpc) is 2.33. The van der Waals surface area contributed by atoms with Gasteiger partial charge in [-0.05, 0) is 45.1 Å². The van der Waals surface area contributed by atoms with Gasteiger partial charge in [0.15, 0.2) is 0 Å². The number of hydrogen-bond acceptors (Lipinski definition) is 2. The van der Waals surface area contributed by atoms with Crippen molar-refractivity contribution in [2.24, 2.45) is 11.8 Å². The number of alkyl halides is 3. The summed E-state index contributed by atoms with van der Waals surface area (Å²) in [5.74, 6) is -0.779. The summed E-state index contributed by atoms with van der Waals surface area (Å²) in [5.41, 5.74) is 0. The zero-order valence-corrected chi connectivity index (χ0v) is 11.2. The van der Waals surface area contributed by atoms with Crippen LogP contribution in [0.3, 0.4) is 0 Å². The van der Waals surface area contributed by atoms with E-state index in [-0.39, 0.29) is 18.9 Å². The third-order valence-corrected chi connectivity index (χ3v) is 3.77. The van der Waals surface area contributed by atoms with Gasteiger partial charge in [-0.3, -0.25) is 0 Å². The third kappa shape index (κ3) is 4.76. The Bertz CT molecular complexity index is 225. The molecule has 108 valence electrons. The van der Waals surface area contributed by atoms with Crippen molar-refractivity contribution in [3.63, 3.8) is 0 Å². The lowest BCUT2D eigenvalue weighted by molar-refractivity contribution is -0.184. The molecule has 1 rings (SSSR count). The number of rotatable bonds is 6. The number of hydrogen-bond donors (Lipinski definition) is 1. The van der Waals surface area contributed by atoms with Crippen LogP contribution in [0.4, 0.5) is 13.2 Å². The van der Waals surface area contributed by atoms with E-state index < -0.39 is 12.1 Å². The fraction of sp³-hybridized carbons (Fsp3) is 1.00. The molecule has 0 radical (unpaired) electrons. The van der Waals surface area contributed by atoms with Gasteiger partial charge in [-0.2, -0.15) is 13.2 Å². The third-order valence-electron chi connectivity index (χ3n) is 3.77. The molecule has 0 bridgehead atoms. The molecule has 1 unspecified atom stereocenters. The summed E-state index contributed by atoms with van der Waals surface area (Å²) < 4.78 is 43.2. The minimum atomic E-state index is -4.02. The van der Waals surface area contributed by atoms with E-state index in [1.165, 1.54) is 0 Å². The van der Waals surface area contributed by atoms with E-state index in [1.807, 2.05) is 13.8 Å². The van der Waals surface area contributed by atoms with E-state index in [1.54, 1.807) is 0 Å². The van der Waals surface area contributed by atoms with Gasteiger partial charge >= 0.3 is 6.18 Å². The van der Waals surface area contributed by atoms with Crippen molar-refractivity contribution < 1.29 is 17.9 Å². The number of halogens is 3. The molecular weight excluding hydrogens is 243 g/mol. The Labute approximate surface area is 107 Å². The topological polar surface area (TPSA) is 21.3 Å². The van der Waals surface area contributed by atoms with Crippen LogP contribution in [0.25, 0.3) is 0 Å². The van der Waals surface area contributed by atoms with Crippen LogP contribution < -0.4 is 5.32 Å². The van der Waals surface area contributed by atoms with Gasteiger partial charge in [0.2, 0.25) is 0 Å². The summed E-state index contributed by atoms with van der Waals surface area (Å²) in [5, 5.41) is 3.33. The maximum Gasteiger partial charge on any atom is 0.391 e. The standard InChI is InChI=1S/C13H24F3NO/c1-3-17-12(9-18-4-2)10-5-7-11(8-6-10)13(14,15)16/h10-12,17H,3-9H2,1-2H3. The Kier molecular flexibility index (Phi) is 6.43. The highest BCUT2D eigenvalue weighted by molar-refractivity contribution is 4.84. The van der Waals surface area contributed by atoms with Crippen molar-refractivity contribution >= 4 is 0 Å². The van der Waals surface area contributed by atoms with Gasteiger partial charge in [-0.25, -0.2) is 0 Å². The number of ether oxygens (including phenoxy) is 1. The van der Waals surface area contributed by atoms with Crippen LogP contribution in [0.15, 0.2) is 0 Å². The maximum absolute atomic E-state index is 12.6. The second-order valence-corrected chi connectivity index (χ2v) is 4.98. The fourth-order valence-electron chi connectivity index (χ4n) is 2.72. The van der Waals surface area contributed by atoms with Crippen LogP contribution in [-0.2, 0) is 4.74 Å². The number of likely N-dealkylation sites (N-methyl/N-ethyl adjacent to an activating group) is 1. The van der Waals surface area contributed by atoms with E-state index >= 15 is 0 Å². The van der Waals surface area contributed by atoms with Crippen molar-refractivity contribution in [1.82, 2.24) is 5.32 Å². The van der Waals surface area contributed by atoms with Crippen molar-refractivity contribution in [3.8, 4) is 0 Å². The summed E-state index contributed by atoms with van der Waals surface area (Å²) in [6.07, 6.45) is -2.19. The highest BCUT2D eigenvalue weighted by Gasteiger charge is 2.42. The van der Waals surface area contributed by atoms with E-state index in [0.29, 0.717) is 32.0 Å². The quantitative estimate of drug-likeness (QED) is 0.796. The lowest BCUT2D eigenvalue weighted by Crippen LogP contribution is -2.42. The molecule has 1 saturated carbocycles. The predicted molar refractivity (Wildman–Crippen MR) is 65.5 cm³/mol. The molecule has 0 heterocycles. The predicted octanol–water partition coefficient (Wildman–Crippen LogP) is 3.37. The fourth-order valence-corrected chi connectivity index (χ4v) is 2.72. The van der Waals surface area contributed by atoms with Crippen LogP contribution in [-0.4, -0.2) is 32.0 Å². The zero-order valence-electron chi connectivity index (χ0n) is 11.2. The average molecular weight is 267 g/mol. The summed E-state index contributed by atoms with van der Waals surface area (Å²) in [6.45, 7) is 6.03. The molecular formula is C13H24F3NO. The summed E-state index contributed by atoms with van der Waals surface area (Å²) in [6, 6.07) is 0.198. The van der Waals surface area contributed by atoms with E-state index in [2.05, 4.69) is 5.32 Å². The largest absolute Gasteiger partial charge is 0.391 e. The summed E-state index contributed by atoms with van der Waals surface area (Å²) in [4.78, 5) is 0. The number of nitrogens with one attached hydrogen (secondary N) is 1. The van der Waals surface area contributed by atoms with Gasteiger partial charge in [-0.1, -0.05) is 6.92 Å². The van der Waals surface area contributed by atoms with Gasteiger partial charge in [0.1, 0.15) is 0 Å². The van der Waals surface area contributed by atoms with E-state index in [0.717, 1.165) is 6.54 Å². The molecule has 2 nitrogen and oxygen atoms in total. The molecule has 0 aromatic carbocycles. The molecule has 0 saturated heterocycles. The Morgan fingerprint density at radius 2 is 1.78 bits per heavy atom. The molecule has 0 spiro atoms. The van der Waals surface area contributed by atoms with E-state index in [4.69, 9.17) is 4.74 Å².